The Balaban J connectivity index is 1.27. The molecule has 3 aliphatic rings. The molecule has 258 valence electrons. The molecule has 1 aliphatic heterocycles. The third-order valence-electron chi connectivity index (χ3n) is 9.72. The van der Waals surface area contributed by atoms with Crippen molar-refractivity contribution in [3.05, 3.63) is 112 Å². The number of fused-ring (bicyclic) bond motifs is 1. The minimum Gasteiger partial charge on any atom is -0.436 e. The van der Waals surface area contributed by atoms with E-state index in [9.17, 15) is 24.7 Å². The van der Waals surface area contributed by atoms with Crippen LogP contribution in [0.15, 0.2) is 71.3 Å². The van der Waals surface area contributed by atoms with E-state index in [1.807, 2.05) is 54.3 Å². The number of likely N-dealkylation sites (tertiary alicyclic amines) is 1. The fourth-order valence-corrected chi connectivity index (χ4v) is 7.16. The number of rotatable bonds is 12. The number of carbonyl (C=O) groups excluding carboxylic acids is 1. The monoisotopic (exact) mass is 696 g/mol. The highest BCUT2D eigenvalue weighted by atomic mass is 35.5. The zero-order valence-electron chi connectivity index (χ0n) is 27.6. The molecule has 4 aromatic rings. The van der Waals surface area contributed by atoms with Gasteiger partial charge in [-0.3, -0.25) is 14.7 Å². The Bertz CT molecular complexity index is 2030. The van der Waals surface area contributed by atoms with Crippen molar-refractivity contribution < 1.29 is 23.8 Å². The topological polar surface area (TPSA) is 148 Å². The van der Waals surface area contributed by atoms with Crippen LogP contribution in [0.1, 0.15) is 68.5 Å². The number of benzene rings is 2. The normalized spacial score (nSPS) is 20.9. The Hall–Kier alpha value is -4.44. The molecule has 1 saturated heterocycles. The third kappa shape index (κ3) is 6.57. The number of halogens is 2. The summed E-state index contributed by atoms with van der Waals surface area (Å²) >= 11 is 7.42. The van der Waals surface area contributed by atoms with Crippen LogP contribution in [-0.2, 0) is 18.6 Å². The van der Waals surface area contributed by atoms with Crippen molar-refractivity contribution in [2.24, 2.45) is 0 Å². The van der Waals surface area contributed by atoms with Crippen LogP contribution in [0.25, 0.3) is 16.7 Å². The number of alkyl halides is 2. The van der Waals surface area contributed by atoms with E-state index in [0.717, 1.165) is 46.2 Å². The highest BCUT2D eigenvalue weighted by Crippen LogP contribution is 2.44. The van der Waals surface area contributed by atoms with Crippen molar-refractivity contribution >= 4 is 34.2 Å². The summed E-state index contributed by atoms with van der Waals surface area (Å²) in [5.74, 6) is -0.0935. The minimum absolute atomic E-state index is 0.111. The Morgan fingerprint density at radius 2 is 2.00 bits per heavy atom. The summed E-state index contributed by atoms with van der Waals surface area (Å²) in [5, 5.41) is 34.5. The first kappa shape index (κ1) is 34.0. The smallest absolute Gasteiger partial charge is 0.271 e. The first-order chi connectivity index (χ1) is 24.2. The van der Waals surface area contributed by atoms with Gasteiger partial charge < -0.3 is 25.3 Å². The van der Waals surface area contributed by atoms with Gasteiger partial charge in [-0.15, -0.1) is 11.6 Å². The average Bonchev–Trinajstić information content (AvgIpc) is 3.86. The highest BCUT2D eigenvalue weighted by Gasteiger charge is 2.47. The number of aromatic nitrogens is 2. The summed E-state index contributed by atoms with van der Waals surface area (Å²) in [6.45, 7) is 3.10. The van der Waals surface area contributed by atoms with Crippen molar-refractivity contribution in [3.8, 4) is 6.07 Å². The summed E-state index contributed by atoms with van der Waals surface area (Å²) < 4.78 is 19.9. The number of pyridine rings is 1. The quantitative estimate of drug-likeness (QED) is 0.154. The molecule has 7 rings (SSSR count). The predicted molar refractivity (Wildman–Crippen MR) is 187 cm³/mol. The van der Waals surface area contributed by atoms with Gasteiger partial charge in [0.2, 0.25) is 5.89 Å². The van der Waals surface area contributed by atoms with E-state index in [1.165, 1.54) is 0 Å². The maximum Gasteiger partial charge on any atom is 0.271 e. The number of aliphatic hydroxyl groups is 2. The van der Waals surface area contributed by atoms with E-state index in [-0.39, 0.29) is 41.9 Å². The van der Waals surface area contributed by atoms with Crippen LogP contribution in [0.4, 0.5) is 4.39 Å². The molecule has 0 bridgehead atoms. The van der Waals surface area contributed by atoms with Gasteiger partial charge in [0.05, 0.1) is 30.2 Å². The molecule has 0 radical (unpaired) electrons. The lowest BCUT2D eigenvalue weighted by atomic mass is 9.81. The maximum atomic E-state index is 14.3. The molecular weight excluding hydrogens is 659 g/mol. The molecule has 3 heterocycles. The van der Waals surface area contributed by atoms with E-state index in [0.29, 0.717) is 31.7 Å². The Labute approximate surface area is 294 Å². The van der Waals surface area contributed by atoms with Gasteiger partial charge in [-0.2, -0.15) is 5.26 Å². The number of aliphatic hydroxyl groups excluding tert-OH is 2. The molecular formula is C38H38ClFN6O4. The number of oxazole rings is 1. The zero-order valence-corrected chi connectivity index (χ0v) is 28.3. The fourth-order valence-electron chi connectivity index (χ4n) is 6.75. The second kappa shape index (κ2) is 14.1. The maximum absolute atomic E-state index is 14.3. The number of nitrogens with one attached hydrogen (secondary N) is 2. The van der Waals surface area contributed by atoms with Crippen LogP contribution in [0.2, 0.25) is 0 Å². The first-order valence-corrected chi connectivity index (χ1v) is 17.2. The summed E-state index contributed by atoms with van der Waals surface area (Å²) in [5.41, 5.74) is 5.03. The molecule has 2 unspecified atom stereocenters. The van der Waals surface area contributed by atoms with Gasteiger partial charge >= 0.3 is 0 Å². The molecule has 12 heteroatoms. The first-order valence-electron chi connectivity index (χ1n) is 16.8. The average molecular weight is 697 g/mol. The van der Waals surface area contributed by atoms with E-state index in [1.54, 1.807) is 24.4 Å². The predicted octanol–water partition coefficient (Wildman–Crippen LogP) is 4.76. The molecule has 1 amide bonds. The van der Waals surface area contributed by atoms with Gasteiger partial charge in [0.25, 0.3) is 5.91 Å². The third-order valence-corrected chi connectivity index (χ3v) is 10.3. The van der Waals surface area contributed by atoms with Gasteiger partial charge in [-0.25, -0.2) is 9.37 Å². The molecule has 1 saturated carbocycles. The molecule has 2 fully saturated rings. The number of allylic oxidation sites excluding steroid dienone is 2. The Morgan fingerprint density at radius 3 is 2.70 bits per heavy atom. The molecule has 2 atom stereocenters. The molecule has 2 aromatic carbocycles. The Morgan fingerprint density at radius 1 is 1.22 bits per heavy atom. The van der Waals surface area contributed by atoms with Gasteiger partial charge in [0.15, 0.2) is 11.1 Å². The van der Waals surface area contributed by atoms with Gasteiger partial charge in [-0.05, 0) is 83.3 Å². The molecule has 10 nitrogen and oxygen atoms in total. The van der Waals surface area contributed by atoms with Crippen molar-refractivity contribution in [1.29, 1.82) is 5.26 Å². The number of nitriles is 1. The second-order valence-corrected chi connectivity index (χ2v) is 13.8. The van der Waals surface area contributed by atoms with Crippen molar-refractivity contribution in [2.45, 2.75) is 61.9 Å². The zero-order chi connectivity index (χ0) is 35.0. The standard InChI is InChI=1S/C38H38ClFN6O4/c1-22-5-2-3-6-29(22)30-7-4-10-38(35(30)39,37-44-32-12-23(17-46-18-27(40)19-46)11-25(14-41)34(32)50-37)45-36(49)33-13-31(24-8-9-24)26(16-43-33)15-42-28(20-47)21-48/h2-7,10-13,16,24,27-28,35,42,47-48H,8-9,15,17-21H2,1H3,(H,45,49). The van der Waals surface area contributed by atoms with Crippen molar-refractivity contribution in [3.63, 3.8) is 0 Å². The number of nitrogens with zero attached hydrogens (tertiary/aromatic N) is 4. The number of hydrogen-bond donors (Lipinski definition) is 4. The van der Waals surface area contributed by atoms with E-state index in [4.69, 9.17) is 21.0 Å². The number of hydrogen-bond acceptors (Lipinski definition) is 9. The largest absolute Gasteiger partial charge is 0.436 e. The van der Waals surface area contributed by atoms with Crippen LogP contribution in [0.3, 0.4) is 0 Å². The van der Waals surface area contributed by atoms with Gasteiger partial charge in [0, 0.05) is 32.4 Å². The summed E-state index contributed by atoms with van der Waals surface area (Å²) in [4.78, 5) is 25.6. The van der Waals surface area contributed by atoms with E-state index in [2.05, 4.69) is 21.7 Å². The molecule has 4 N–H and O–H groups in total. The van der Waals surface area contributed by atoms with Gasteiger partial charge in [-0.1, -0.05) is 36.4 Å². The van der Waals surface area contributed by atoms with Crippen LogP contribution < -0.4 is 10.6 Å². The molecule has 50 heavy (non-hydrogen) atoms. The molecule has 0 spiro atoms. The van der Waals surface area contributed by atoms with E-state index < -0.39 is 29.0 Å². The molecule has 2 aromatic heterocycles. The summed E-state index contributed by atoms with van der Waals surface area (Å²) in [7, 11) is 0. The molecule has 2 aliphatic carbocycles. The highest BCUT2D eigenvalue weighted by molar-refractivity contribution is 6.28. The lowest BCUT2D eigenvalue weighted by Crippen LogP contribution is -2.52. The van der Waals surface area contributed by atoms with Gasteiger partial charge in [0.1, 0.15) is 23.5 Å². The lowest BCUT2D eigenvalue weighted by Gasteiger charge is -2.36. The SMILES string of the molecule is Cc1ccccc1C1=CC=CC(NC(=O)c2cc(C3CC3)c(CNC(CO)CO)cn2)(c2nc3cc(CN4CC(F)C4)cc(C#N)c3o2)C1Cl. The number of carbonyl (C=O) groups is 1. The van der Waals surface area contributed by atoms with E-state index >= 15 is 0 Å². The van der Waals surface area contributed by atoms with Crippen LogP contribution >= 0.6 is 11.6 Å². The second-order valence-electron chi connectivity index (χ2n) is 13.4. The van der Waals surface area contributed by atoms with Crippen molar-refractivity contribution in [2.75, 3.05) is 26.3 Å². The minimum atomic E-state index is -1.48. The fraction of sp³-hybridized carbons (Fsp3) is 0.368. The number of aryl methyl sites for hydroxylation is 1. The van der Waals surface area contributed by atoms with Crippen LogP contribution in [-0.4, -0.2) is 74.9 Å². The summed E-state index contributed by atoms with van der Waals surface area (Å²) in [6.07, 6.45) is 8.27. The lowest BCUT2D eigenvalue weighted by molar-refractivity contribution is 0.0591. The Kier molecular flexibility index (Phi) is 9.57. The van der Waals surface area contributed by atoms with Crippen molar-refractivity contribution in [1.82, 2.24) is 25.5 Å². The summed E-state index contributed by atoms with van der Waals surface area (Å²) in [6, 6.07) is 14.9. The number of amides is 1. The van der Waals surface area contributed by atoms with Crippen LogP contribution in [0, 0.1) is 18.3 Å². The van der Waals surface area contributed by atoms with Crippen LogP contribution in [0.5, 0.6) is 0 Å².